The topological polar surface area (TPSA) is 44.1 Å². The van der Waals surface area contributed by atoms with Crippen molar-refractivity contribution in [2.75, 3.05) is 6.61 Å². The largest absolute Gasteiger partial charge is 0.462 e. The van der Waals surface area contributed by atoms with Gasteiger partial charge in [-0.1, -0.05) is 54.6 Å². The number of aromatic nitrogens is 2. The van der Waals surface area contributed by atoms with Crippen molar-refractivity contribution in [1.82, 2.24) is 9.78 Å². The molecule has 0 amide bonds. The number of para-hydroxylation sites is 1. The lowest BCUT2D eigenvalue weighted by molar-refractivity contribution is 0.0526. The molecule has 0 atom stereocenters. The molecule has 27 heavy (non-hydrogen) atoms. The average molecular weight is 356 g/mol. The fourth-order valence-electron chi connectivity index (χ4n) is 3.23. The predicted octanol–water partition coefficient (Wildman–Crippen LogP) is 4.79. The summed E-state index contributed by atoms with van der Waals surface area (Å²) in [5.74, 6) is -0.319. The molecule has 0 radical (unpaired) electrons. The van der Waals surface area contributed by atoms with E-state index < -0.39 is 0 Å². The number of hydrogen-bond donors (Lipinski definition) is 0. The van der Waals surface area contributed by atoms with Crippen molar-refractivity contribution in [2.45, 2.75) is 13.3 Å². The summed E-state index contributed by atoms with van der Waals surface area (Å²) in [7, 11) is 0. The lowest BCUT2D eigenvalue weighted by atomic mass is 10.1. The van der Waals surface area contributed by atoms with Crippen molar-refractivity contribution in [3.8, 4) is 5.69 Å². The van der Waals surface area contributed by atoms with Crippen LogP contribution in [0.1, 0.15) is 28.5 Å². The van der Waals surface area contributed by atoms with Gasteiger partial charge < -0.3 is 4.74 Å². The normalized spacial score (nSPS) is 10.9. The third-order valence-corrected chi connectivity index (χ3v) is 4.48. The van der Waals surface area contributed by atoms with Crippen molar-refractivity contribution < 1.29 is 9.53 Å². The first-order valence-electron chi connectivity index (χ1n) is 9.04. The van der Waals surface area contributed by atoms with Gasteiger partial charge in [-0.25, -0.2) is 9.48 Å². The molecule has 1 aromatic heterocycles. The third-order valence-electron chi connectivity index (χ3n) is 4.48. The minimum absolute atomic E-state index is 0.319. The van der Waals surface area contributed by atoms with Crippen LogP contribution < -0.4 is 0 Å². The SMILES string of the molecule is CCOC(=O)c1cccc(-n2nc(Cc3ccccc3)c3ccccc32)c1. The predicted molar refractivity (Wildman–Crippen MR) is 106 cm³/mol. The number of esters is 1. The Hall–Kier alpha value is -3.40. The molecule has 134 valence electrons. The van der Waals surface area contributed by atoms with E-state index in [0.717, 1.165) is 28.7 Å². The molecular weight excluding hydrogens is 336 g/mol. The molecular formula is C23H20N2O2. The third kappa shape index (κ3) is 3.47. The summed E-state index contributed by atoms with van der Waals surface area (Å²) in [5.41, 5.74) is 4.62. The van der Waals surface area contributed by atoms with Gasteiger partial charge in [0.1, 0.15) is 0 Å². The molecule has 0 saturated carbocycles. The molecule has 4 aromatic rings. The number of ether oxygens (including phenoxy) is 1. The molecule has 0 fully saturated rings. The molecule has 0 saturated heterocycles. The van der Waals surface area contributed by atoms with E-state index in [1.54, 1.807) is 13.0 Å². The summed E-state index contributed by atoms with van der Waals surface area (Å²) in [6, 6.07) is 25.9. The quantitative estimate of drug-likeness (QED) is 0.483. The Balaban J connectivity index is 1.79. The fraction of sp³-hybridized carbons (Fsp3) is 0.130. The van der Waals surface area contributed by atoms with Gasteiger partial charge in [-0.15, -0.1) is 0 Å². The van der Waals surface area contributed by atoms with E-state index in [1.165, 1.54) is 5.56 Å². The van der Waals surface area contributed by atoms with E-state index in [-0.39, 0.29) is 5.97 Å². The average Bonchev–Trinajstić information content (AvgIpc) is 3.08. The van der Waals surface area contributed by atoms with E-state index in [1.807, 2.05) is 59.3 Å². The number of nitrogens with zero attached hydrogens (tertiary/aromatic N) is 2. The molecule has 3 aromatic carbocycles. The zero-order valence-electron chi connectivity index (χ0n) is 15.1. The molecule has 0 spiro atoms. The second kappa shape index (κ2) is 7.46. The van der Waals surface area contributed by atoms with Crippen molar-refractivity contribution in [1.29, 1.82) is 0 Å². The van der Waals surface area contributed by atoms with E-state index in [2.05, 4.69) is 18.2 Å². The van der Waals surface area contributed by atoms with Gasteiger partial charge in [-0.05, 0) is 36.8 Å². The highest BCUT2D eigenvalue weighted by molar-refractivity contribution is 5.90. The monoisotopic (exact) mass is 356 g/mol. The Morgan fingerprint density at radius 2 is 1.74 bits per heavy atom. The highest BCUT2D eigenvalue weighted by Crippen LogP contribution is 2.24. The molecule has 0 N–H and O–H groups in total. The van der Waals surface area contributed by atoms with Crippen molar-refractivity contribution in [3.63, 3.8) is 0 Å². The van der Waals surface area contributed by atoms with Crippen LogP contribution in [-0.2, 0) is 11.2 Å². The maximum atomic E-state index is 12.1. The number of carbonyl (C=O) groups excluding carboxylic acids is 1. The van der Waals surface area contributed by atoms with Crippen molar-refractivity contribution >= 4 is 16.9 Å². The Morgan fingerprint density at radius 3 is 2.56 bits per heavy atom. The first kappa shape index (κ1) is 17.0. The number of hydrogen-bond acceptors (Lipinski definition) is 3. The van der Waals surface area contributed by atoms with Gasteiger partial charge in [-0.2, -0.15) is 5.10 Å². The number of carbonyl (C=O) groups is 1. The van der Waals surface area contributed by atoms with Crippen molar-refractivity contribution in [3.05, 3.63) is 95.7 Å². The first-order valence-corrected chi connectivity index (χ1v) is 9.04. The van der Waals surface area contributed by atoms with Gasteiger partial charge in [0.2, 0.25) is 0 Å². The van der Waals surface area contributed by atoms with Crippen LogP contribution in [0.5, 0.6) is 0 Å². The first-order chi connectivity index (χ1) is 13.3. The number of benzene rings is 3. The Labute approximate surface area is 158 Å². The van der Waals surface area contributed by atoms with Crippen LogP contribution in [0, 0.1) is 0 Å². The summed E-state index contributed by atoms with van der Waals surface area (Å²) in [4.78, 5) is 12.1. The van der Waals surface area contributed by atoms with Crippen LogP contribution in [0.25, 0.3) is 16.6 Å². The molecule has 4 rings (SSSR count). The summed E-state index contributed by atoms with van der Waals surface area (Å²) in [5, 5.41) is 5.98. The van der Waals surface area contributed by atoms with Crippen LogP contribution >= 0.6 is 0 Å². The van der Waals surface area contributed by atoms with Gasteiger partial charge in [0.15, 0.2) is 0 Å². The van der Waals surface area contributed by atoms with Crippen molar-refractivity contribution in [2.24, 2.45) is 0 Å². The second-order valence-electron chi connectivity index (χ2n) is 6.31. The second-order valence-corrected chi connectivity index (χ2v) is 6.31. The van der Waals surface area contributed by atoms with E-state index in [4.69, 9.17) is 9.84 Å². The highest BCUT2D eigenvalue weighted by Gasteiger charge is 2.14. The van der Waals surface area contributed by atoms with Gasteiger partial charge in [0.25, 0.3) is 0 Å². The minimum Gasteiger partial charge on any atom is -0.462 e. The maximum absolute atomic E-state index is 12.1. The van der Waals surface area contributed by atoms with Crippen LogP contribution in [0.15, 0.2) is 78.9 Å². The molecule has 0 unspecified atom stereocenters. The maximum Gasteiger partial charge on any atom is 0.338 e. The van der Waals surface area contributed by atoms with Crippen LogP contribution in [0.3, 0.4) is 0 Å². The fourth-order valence-corrected chi connectivity index (χ4v) is 3.23. The Bertz CT molecular complexity index is 1080. The van der Waals surface area contributed by atoms with Gasteiger partial charge >= 0.3 is 5.97 Å². The molecule has 4 nitrogen and oxygen atoms in total. The molecule has 4 heteroatoms. The van der Waals surface area contributed by atoms with Gasteiger partial charge in [0.05, 0.1) is 29.1 Å². The molecule has 0 aliphatic carbocycles. The standard InChI is InChI=1S/C23H20N2O2/c1-2-27-23(26)18-11-8-12-19(16-18)25-22-14-7-6-13-20(22)21(24-25)15-17-9-4-3-5-10-17/h3-14,16H,2,15H2,1H3. The Morgan fingerprint density at radius 1 is 0.963 bits per heavy atom. The molecule has 0 aliphatic rings. The molecule has 0 aliphatic heterocycles. The van der Waals surface area contributed by atoms with Crippen LogP contribution in [-0.4, -0.2) is 22.4 Å². The highest BCUT2D eigenvalue weighted by atomic mass is 16.5. The summed E-state index contributed by atoms with van der Waals surface area (Å²) in [6.07, 6.45) is 0.756. The smallest absolute Gasteiger partial charge is 0.338 e. The van der Waals surface area contributed by atoms with E-state index >= 15 is 0 Å². The molecule has 1 heterocycles. The lowest BCUT2D eigenvalue weighted by Gasteiger charge is -2.06. The lowest BCUT2D eigenvalue weighted by Crippen LogP contribution is -2.06. The van der Waals surface area contributed by atoms with Gasteiger partial charge in [0, 0.05) is 11.8 Å². The minimum atomic E-state index is -0.319. The number of rotatable bonds is 5. The van der Waals surface area contributed by atoms with Gasteiger partial charge in [-0.3, -0.25) is 0 Å². The summed E-state index contributed by atoms with van der Waals surface area (Å²) < 4.78 is 7.02. The zero-order valence-corrected chi connectivity index (χ0v) is 15.1. The van der Waals surface area contributed by atoms with Crippen LogP contribution in [0.4, 0.5) is 0 Å². The summed E-state index contributed by atoms with van der Waals surface area (Å²) in [6.45, 7) is 2.16. The number of fused-ring (bicyclic) bond motifs is 1. The van der Waals surface area contributed by atoms with E-state index in [0.29, 0.717) is 12.2 Å². The Kier molecular flexibility index (Phi) is 4.71. The summed E-state index contributed by atoms with van der Waals surface area (Å²) >= 11 is 0. The zero-order chi connectivity index (χ0) is 18.6. The van der Waals surface area contributed by atoms with Crippen LogP contribution in [0.2, 0.25) is 0 Å². The molecule has 0 bridgehead atoms. The van der Waals surface area contributed by atoms with E-state index in [9.17, 15) is 4.79 Å².